The second-order valence-corrected chi connectivity index (χ2v) is 5.60. The van der Waals surface area contributed by atoms with Gasteiger partial charge < -0.3 is 19.8 Å². The Morgan fingerprint density at radius 2 is 1.75 bits per heavy atom. The van der Waals surface area contributed by atoms with E-state index < -0.39 is 0 Å². The van der Waals surface area contributed by atoms with Crippen LogP contribution in [0, 0.1) is 6.92 Å². The molecule has 0 bridgehead atoms. The number of amides is 1. The maximum atomic E-state index is 12.5. The average Bonchev–Trinajstić information content (AvgIpc) is 2.90. The van der Waals surface area contributed by atoms with Gasteiger partial charge in [0.1, 0.15) is 11.5 Å². The third-order valence-electron chi connectivity index (χ3n) is 4.00. The zero-order valence-corrected chi connectivity index (χ0v) is 14.0. The highest BCUT2D eigenvalue weighted by Crippen LogP contribution is 2.27. The molecule has 3 aromatic rings. The predicted octanol–water partition coefficient (Wildman–Crippen LogP) is 3.67. The molecular weight excluding hydrogens is 304 g/mol. The molecule has 5 nitrogen and oxygen atoms in total. The summed E-state index contributed by atoms with van der Waals surface area (Å²) in [7, 11) is 3.16. The van der Waals surface area contributed by atoms with Crippen molar-refractivity contribution in [2.45, 2.75) is 13.3 Å². The molecule has 5 heteroatoms. The molecule has 24 heavy (non-hydrogen) atoms. The first kappa shape index (κ1) is 15.9. The normalized spacial score (nSPS) is 10.6. The number of aromatic nitrogens is 1. The predicted molar refractivity (Wildman–Crippen MR) is 94.9 cm³/mol. The van der Waals surface area contributed by atoms with Gasteiger partial charge in [0.2, 0.25) is 5.91 Å². The van der Waals surface area contributed by atoms with Gasteiger partial charge in [-0.1, -0.05) is 18.2 Å². The minimum absolute atomic E-state index is 0.0850. The van der Waals surface area contributed by atoms with Crippen molar-refractivity contribution >= 4 is 22.5 Å². The molecule has 124 valence electrons. The van der Waals surface area contributed by atoms with Crippen molar-refractivity contribution in [3.8, 4) is 11.5 Å². The van der Waals surface area contributed by atoms with Gasteiger partial charge in [0.15, 0.2) is 0 Å². The van der Waals surface area contributed by atoms with Crippen LogP contribution in [0.2, 0.25) is 0 Å². The van der Waals surface area contributed by atoms with Crippen LogP contribution < -0.4 is 14.8 Å². The van der Waals surface area contributed by atoms with Crippen LogP contribution in [0.1, 0.15) is 11.3 Å². The Bertz CT molecular complexity index is 861. The highest BCUT2D eigenvalue weighted by Gasteiger charge is 2.13. The summed E-state index contributed by atoms with van der Waals surface area (Å²) in [5.74, 6) is 1.18. The number of H-pyrrole nitrogens is 1. The van der Waals surface area contributed by atoms with E-state index in [1.165, 1.54) is 0 Å². The van der Waals surface area contributed by atoms with Crippen LogP contribution in [0.5, 0.6) is 11.5 Å². The Morgan fingerprint density at radius 1 is 1.08 bits per heavy atom. The van der Waals surface area contributed by atoms with E-state index in [1.807, 2.05) is 31.2 Å². The molecule has 0 aliphatic carbocycles. The van der Waals surface area contributed by atoms with Gasteiger partial charge in [-0.15, -0.1) is 0 Å². The lowest BCUT2D eigenvalue weighted by atomic mass is 10.1. The van der Waals surface area contributed by atoms with Gasteiger partial charge in [-0.3, -0.25) is 4.79 Å². The van der Waals surface area contributed by atoms with E-state index in [0.717, 1.165) is 22.2 Å². The Balaban J connectivity index is 1.81. The number of hydrogen-bond acceptors (Lipinski definition) is 3. The highest BCUT2D eigenvalue weighted by atomic mass is 16.5. The summed E-state index contributed by atoms with van der Waals surface area (Å²) in [6.07, 6.45) is 0.301. The summed E-state index contributed by atoms with van der Waals surface area (Å²) in [5, 5.41) is 3.99. The van der Waals surface area contributed by atoms with Crippen LogP contribution in [-0.4, -0.2) is 25.1 Å². The second kappa shape index (κ2) is 6.66. The van der Waals surface area contributed by atoms with Crippen molar-refractivity contribution < 1.29 is 14.3 Å². The topological polar surface area (TPSA) is 63.3 Å². The smallest absolute Gasteiger partial charge is 0.228 e. The number of para-hydroxylation sites is 1. The number of aromatic amines is 1. The molecule has 0 radical (unpaired) electrons. The van der Waals surface area contributed by atoms with Gasteiger partial charge in [-0.2, -0.15) is 0 Å². The van der Waals surface area contributed by atoms with Crippen molar-refractivity contribution in [2.75, 3.05) is 19.5 Å². The molecule has 0 aliphatic rings. The van der Waals surface area contributed by atoms with Gasteiger partial charge in [0.25, 0.3) is 0 Å². The van der Waals surface area contributed by atoms with E-state index in [0.29, 0.717) is 23.6 Å². The number of nitrogens with one attached hydrogen (secondary N) is 2. The molecule has 2 aromatic carbocycles. The van der Waals surface area contributed by atoms with Crippen LogP contribution in [0.4, 0.5) is 5.69 Å². The lowest BCUT2D eigenvalue weighted by molar-refractivity contribution is -0.115. The van der Waals surface area contributed by atoms with E-state index in [1.54, 1.807) is 32.4 Å². The van der Waals surface area contributed by atoms with Crippen LogP contribution in [0.3, 0.4) is 0 Å². The van der Waals surface area contributed by atoms with Crippen LogP contribution >= 0.6 is 0 Å². The van der Waals surface area contributed by atoms with Gasteiger partial charge in [-0.05, 0) is 18.6 Å². The molecule has 2 N–H and O–H groups in total. The van der Waals surface area contributed by atoms with Crippen LogP contribution in [-0.2, 0) is 11.2 Å². The average molecular weight is 324 g/mol. The van der Waals surface area contributed by atoms with Crippen molar-refractivity contribution in [3.63, 3.8) is 0 Å². The zero-order chi connectivity index (χ0) is 17.1. The lowest BCUT2D eigenvalue weighted by Crippen LogP contribution is -2.15. The van der Waals surface area contributed by atoms with Gasteiger partial charge in [-0.25, -0.2) is 0 Å². The van der Waals surface area contributed by atoms with Gasteiger partial charge >= 0.3 is 0 Å². The molecule has 0 aliphatic heterocycles. The molecular formula is C19H20N2O3. The molecule has 0 spiro atoms. The van der Waals surface area contributed by atoms with Gasteiger partial charge in [0, 0.05) is 40.5 Å². The molecule has 1 aromatic heterocycles. The first-order valence-corrected chi connectivity index (χ1v) is 7.70. The number of ether oxygens (including phenoxy) is 2. The standard InChI is InChI=1S/C19H20N2O3/c1-12-17(16-6-4-5-7-18(16)20-12)11-19(22)21-13-8-14(23-2)10-15(9-13)24-3/h4-10,20H,11H2,1-3H3,(H,21,22). The van der Waals surface area contributed by atoms with E-state index in [9.17, 15) is 4.79 Å². The molecule has 0 fully saturated rings. The third kappa shape index (κ3) is 3.20. The number of aryl methyl sites for hydroxylation is 1. The summed E-state index contributed by atoms with van der Waals surface area (Å²) in [4.78, 5) is 15.8. The van der Waals surface area contributed by atoms with Crippen molar-refractivity contribution in [1.29, 1.82) is 0 Å². The summed E-state index contributed by atoms with van der Waals surface area (Å²) >= 11 is 0. The number of carbonyl (C=O) groups excluding carboxylic acids is 1. The quantitative estimate of drug-likeness (QED) is 0.752. The summed E-state index contributed by atoms with van der Waals surface area (Å²) in [5.41, 5.74) is 3.71. The number of fused-ring (bicyclic) bond motifs is 1. The summed E-state index contributed by atoms with van der Waals surface area (Å²) in [6, 6.07) is 13.3. The molecule has 1 heterocycles. The van der Waals surface area contributed by atoms with Gasteiger partial charge in [0.05, 0.1) is 20.6 Å². The Labute approximate surface area is 140 Å². The van der Waals surface area contributed by atoms with Crippen molar-refractivity contribution in [2.24, 2.45) is 0 Å². The number of anilines is 1. The largest absolute Gasteiger partial charge is 0.497 e. The third-order valence-corrected chi connectivity index (χ3v) is 4.00. The Morgan fingerprint density at radius 3 is 2.42 bits per heavy atom. The molecule has 0 saturated carbocycles. The maximum Gasteiger partial charge on any atom is 0.228 e. The Kier molecular flexibility index (Phi) is 4.42. The first-order valence-electron chi connectivity index (χ1n) is 7.70. The number of carbonyl (C=O) groups is 1. The number of methoxy groups -OCH3 is 2. The molecule has 0 unspecified atom stereocenters. The zero-order valence-electron chi connectivity index (χ0n) is 14.0. The van der Waals surface area contributed by atoms with E-state index in [-0.39, 0.29) is 5.91 Å². The minimum atomic E-state index is -0.0850. The lowest BCUT2D eigenvalue weighted by Gasteiger charge is -2.10. The molecule has 1 amide bonds. The molecule has 0 atom stereocenters. The van der Waals surface area contributed by atoms with E-state index >= 15 is 0 Å². The maximum absolute atomic E-state index is 12.5. The fourth-order valence-corrected chi connectivity index (χ4v) is 2.81. The first-order chi connectivity index (χ1) is 11.6. The Hall–Kier alpha value is -2.95. The van der Waals surface area contributed by atoms with Crippen molar-refractivity contribution in [3.05, 3.63) is 53.7 Å². The van der Waals surface area contributed by atoms with E-state index in [2.05, 4.69) is 10.3 Å². The number of hydrogen-bond donors (Lipinski definition) is 2. The summed E-state index contributed by atoms with van der Waals surface area (Å²) in [6.45, 7) is 1.98. The monoisotopic (exact) mass is 324 g/mol. The van der Waals surface area contributed by atoms with Crippen molar-refractivity contribution in [1.82, 2.24) is 4.98 Å². The fourth-order valence-electron chi connectivity index (χ4n) is 2.81. The van der Waals surface area contributed by atoms with Crippen LogP contribution in [0.25, 0.3) is 10.9 Å². The highest BCUT2D eigenvalue weighted by molar-refractivity contribution is 5.96. The number of rotatable bonds is 5. The fraction of sp³-hybridized carbons (Fsp3) is 0.211. The van der Waals surface area contributed by atoms with E-state index in [4.69, 9.17) is 9.47 Å². The summed E-state index contributed by atoms with van der Waals surface area (Å²) < 4.78 is 10.5. The number of benzene rings is 2. The molecule has 0 saturated heterocycles. The second-order valence-electron chi connectivity index (χ2n) is 5.60. The molecule has 3 rings (SSSR count). The minimum Gasteiger partial charge on any atom is -0.497 e. The SMILES string of the molecule is COc1cc(NC(=O)Cc2c(C)[nH]c3ccccc23)cc(OC)c1. The van der Waals surface area contributed by atoms with Crippen LogP contribution in [0.15, 0.2) is 42.5 Å².